The zero-order valence-electron chi connectivity index (χ0n) is 8.99. The second-order valence-corrected chi connectivity index (χ2v) is 7.33. The Balaban J connectivity index is 2.73. The molecule has 0 spiro atoms. The molecule has 1 heterocycles. The molecular formula is C7H12N4O4S2. The summed E-state index contributed by atoms with van der Waals surface area (Å²) in [5.74, 6) is -0.317. The zero-order valence-corrected chi connectivity index (χ0v) is 10.6. The quantitative estimate of drug-likeness (QED) is 0.662. The molecule has 0 aliphatic heterocycles. The SMILES string of the molecule is CS(=O)(=O)CCNS(=O)(=O)c1cnc(N)nc1. The maximum absolute atomic E-state index is 11.6. The Bertz CT molecular complexity index is 579. The lowest BCUT2D eigenvalue weighted by Gasteiger charge is -2.05. The van der Waals surface area contributed by atoms with E-state index in [-0.39, 0.29) is 23.1 Å². The van der Waals surface area contributed by atoms with Crippen molar-refractivity contribution in [3.63, 3.8) is 0 Å². The molecule has 3 N–H and O–H groups in total. The molecule has 0 aromatic carbocycles. The Labute approximate surface area is 99.2 Å². The van der Waals surface area contributed by atoms with Gasteiger partial charge in [-0.05, 0) is 0 Å². The van der Waals surface area contributed by atoms with E-state index in [1.54, 1.807) is 0 Å². The number of hydrogen-bond acceptors (Lipinski definition) is 7. The van der Waals surface area contributed by atoms with E-state index in [0.29, 0.717) is 0 Å². The summed E-state index contributed by atoms with van der Waals surface area (Å²) in [4.78, 5) is 6.90. The van der Waals surface area contributed by atoms with E-state index >= 15 is 0 Å². The van der Waals surface area contributed by atoms with Crippen molar-refractivity contribution in [1.82, 2.24) is 14.7 Å². The normalized spacial score (nSPS) is 12.5. The lowest BCUT2D eigenvalue weighted by atomic mass is 10.7. The van der Waals surface area contributed by atoms with Crippen LogP contribution < -0.4 is 10.5 Å². The number of sulfone groups is 1. The van der Waals surface area contributed by atoms with Crippen LogP contribution in [-0.2, 0) is 19.9 Å². The van der Waals surface area contributed by atoms with E-state index in [4.69, 9.17) is 5.73 Å². The Morgan fingerprint density at radius 3 is 2.24 bits per heavy atom. The summed E-state index contributed by atoms with van der Waals surface area (Å²) in [6.45, 7) is -0.203. The van der Waals surface area contributed by atoms with Crippen LogP contribution in [0.1, 0.15) is 0 Å². The van der Waals surface area contributed by atoms with Gasteiger partial charge in [-0.3, -0.25) is 0 Å². The van der Waals surface area contributed by atoms with Gasteiger partial charge in [-0.1, -0.05) is 0 Å². The monoisotopic (exact) mass is 280 g/mol. The van der Waals surface area contributed by atoms with Gasteiger partial charge < -0.3 is 5.73 Å². The van der Waals surface area contributed by atoms with Gasteiger partial charge in [-0.15, -0.1) is 0 Å². The van der Waals surface area contributed by atoms with Crippen molar-refractivity contribution in [2.45, 2.75) is 4.90 Å². The first kappa shape index (κ1) is 13.8. The molecular weight excluding hydrogens is 268 g/mol. The minimum absolute atomic E-state index is 0.0416. The number of aromatic nitrogens is 2. The van der Waals surface area contributed by atoms with Crippen LogP contribution >= 0.6 is 0 Å². The van der Waals surface area contributed by atoms with Gasteiger partial charge in [0.2, 0.25) is 16.0 Å². The maximum Gasteiger partial charge on any atom is 0.243 e. The molecule has 0 amide bonds. The van der Waals surface area contributed by atoms with E-state index in [1.165, 1.54) is 0 Å². The zero-order chi connectivity index (χ0) is 13.1. The third-order valence-corrected chi connectivity index (χ3v) is 4.08. The van der Waals surface area contributed by atoms with Gasteiger partial charge in [0.1, 0.15) is 14.7 Å². The first-order chi connectivity index (χ1) is 7.71. The molecule has 10 heteroatoms. The molecule has 0 aliphatic rings. The van der Waals surface area contributed by atoms with E-state index in [9.17, 15) is 16.8 Å². The molecule has 0 aliphatic carbocycles. The molecule has 8 nitrogen and oxygen atoms in total. The highest BCUT2D eigenvalue weighted by Gasteiger charge is 2.15. The smallest absolute Gasteiger partial charge is 0.243 e. The predicted molar refractivity (Wildman–Crippen MR) is 61.3 cm³/mol. The van der Waals surface area contributed by atoms with Crippen LogP contribution in [0.25, 0.3) is 0 Å². The first-order valence-electron chi connectivity index (χ1n) is 4.46. The average Bonchev–Trinajstić information content (AvgIpc) is 2.15. The van der Waals surface area contributed by atoms with Crippen LogP contribution in [0.4, 0.5) is 5.95 Å². The van der Waals surface area contributed by atoms with E-state index in [1.807, 2.05) is 0 Å². The van der Waals surface area contributed by atoms with Gasteiger partial charge in [0.15, 0.2) is 0 Å². The van der Waals surface area contributed by atoms with Crippen molar-refractivity contribution in [2.75, 3.05) is 24.3 Å². The highest BCUT2D eigenvalue weighted by molar-refractivity contribution is 7.91. The number of hydrogen-bond donors (Lipinski definition) is 2. The van der Waals surface area contributed by atoms with E-state index in [0.717, 1.165) is 18.6 Å². The van der Waals surface area contributed by atoms with Crippen molar-refractivity contribution < 1.29 is 16.8 Å². The fourth-order valence-electron chi connectivity index (χ4n) is 0.910. The fourth-order valence-corrected chi connectivity index (χ4v) is 2.43. The highest BCUT2D eigenvalue weighted by atomic mass is 32.2. The molecule has 0 atom stereocenters. The minimum atomic E-state index is -3.79. The molecule has 1 aromatic heterocycles. The number of rotatable bonds is 5. The first-order valence-corrected chi connectivity index (χ1v) is 8.00. The van der Waals surface area contributed by atoms with Crippen LogP contribution in [0.5, 0.6) is 0 Å². The third kappa shape index (κ3) is 4.63. The van der Waals surface area contributed by atoms with Gasteiger partial charge in [0, 0.05) is 12.8 Å². The number of nitrogen functional groups attached to an aromatic ring is 1. The largest absolute Gasteiger partial charge is 0.368 e. The van der Waals surface area contributed by atoms with Crippen LogP contribution in [0.15, 0.2) is 17.3 Å². The van der Waals surface area contributed by atoms with Crippen molar-refractivity contribution >= 4 is 25.8 Å². The molecule has 0 unspecified atom stereocenters. The molecule has 1 rings (SSSR count). The summed E-state index contributed by atoms with van der Waals surface area (Å²) in [6, 6.07) is 0. The number of nitrogens with two attached hydrogens (primary N) is 1. The molecule has 0 saturated carbocycles. The molecule has 96 valence electrons. The van der Waals surface area contributed by atoms with Crippen LogP contribution in [-0.4, -0.2) is 45.4 Å². The van der Waals surface area contributed by atoms with Gasteiger partial charge >= 0.3 is 0 Å². The summed E-state index contributed by atoms with van der Waals surface area (Å²) in [5, 5.41) is 0. The standard InChI is InChI=1S/C7H12N4O4S2/c1-16(12,13)3-2-11-17(14,15)6-4-9-7(8)10-5-6/h4-5,11H,2-3H2,1H3,(H2,8,9,10). The van der Waals surface area contributed by atoms with Gasteiger partial charge in [0.05, 0.1) is 18.1 Å². The summed E-state index contributed by atoms with van der Waals surface area (Å²) in [5.41, 5.74) is 5.21. The fraction of sp³-hybridized carbons (Fsp3) is 0.429. The minimum Gasteiger partial charge on any atom is -0.368 e. The van der Waals surface area contributed by atoms with E-state index < -0.39 is 19.9 Å². The summed E-state index contributed by atoms with van der Waals surface area (Å²) < 4.78 is 47.0. The number of sulfonamides is 1. The molecule has 17 heavy (non-hydrogen) atoms. The predicted octanol–water partition coefficient (Wildman–Crippen LogP) is -1.62. The van der Waals surface area contributed by atoms with Gasteiger partial charge in [-0.25, -0.2) is 31.5 Å². The summed E-state index contributed by atoms with van der Waals surface area (Å²) in [7, 11) is -7.01. The van der Waals surface area contributed by atoms with Crippen molar-refractivity contribution in [3.05, 3.63) is 12.4 Å². The van der Waals surface area contributed by atoms with Crippen LogP contribution in [0.3, 0.4) is 0 Å². The lowest BCUT2D eigenvalue weighted by molar-refractivity contribution is 0.581. The number of nitrogens with one attached hydrogen (secondary N) is 1. The van der Waals surface area contributed by atoms with Crippen molar-refractivity contribution in [1.29, 1.82) is 0 Å². The van der Waals surface area contributed by atoms with Crippen molar-refractivity contribution in [3.8, 4) is 0 Å². The Morgan fingerprint density at radius 1 is 1.24 bits per heavy atom. The second kappa shape index (κ2) is 4.94. The summed E-state index contributed by atoms with van der Waals surface area (Å²) >= 11 is 0. The molecule has 0 saturated heterocycles. The maximum atomic E-state index is 11.6. The summed E-state index contributed by atoms with van der Waals surface area (Å²) in [6.07, 6.45) is 3.11. The third-order valence-electron chi connectivity index (χ3n) is 1.72. The molecule has 0 fully saturated rings. The lowest BCUT2D eigenvalue weighted by Crippen LogP contribution is -2.29. The Morgan fingerprint density at radius 2 is 1.76 bits per heavy atom. The van der Waals surface area contributed by atoms with Gasteiger partial charge in [0.25, 0.3) is 0 Å². The molecule has 0 radical (unpaired) electrons. The molecule has 1 aromatic rings. The van der Waals surface area contributed by atoms with Crippen LogP contribution in [0.2, 0.25) is 0 Å². The number of anilines is 1. The van der Waals surface area contributed by atoms with E-state index in [2.05, 4.69) is 14.7 Å². The Hall–Kier alpha value is -1.26. The molecule has 0 bridgehead atoms. The Kier molecular flexibility index (Phi) is 4.01. The van der Waals surface area contributed by atoms with Crippen LogP contribution in [0, 0.1) is 0 Å². The number of nitrogens with zero attached hydrogens (tertiary/aromatic N) is 2. The second-order valence-electron chi connectivity index (χ2n) is 3.30. The topological polar surface area (TPSA) is 132 Å². The highest BCUT2D eigenvalue weighted by Crippen LogP contribution is 2.05. The average molecular weight is 280 g/mol. The van der Waals surface area contributed by atoms with Crippen molar-refractivity contribution in [2.24, 2.45) is 0 Å². The van der Waals surface area contributed by atoms with Gasteiger partial charge in [-0.2, -0.15) is 0 Å².